The van der Waals surface area contributed by atoms with Crippen LogP contribution in [0, 0.1) is 0 Å². The molecule has 0 aromatic carbocycles. The van der Waals surface area contributed by atoms with Crippen LogP contribution in [0.25, 0.3) is 0 Å². The zero-order chi connectivity index (χ0) is 8.48. The van der Waals surface area contributed by atoms with Gasteiger partial charge in [0.1, 0.15) is 0 Å². The van der Waals surface area contributed by atoms with Gasteiger partial charge in [0.2, 0.25) is 5.60 Å². The SMILES string of the molecule is CC1(O)C(=O)CCCOC1=O. The number of hydrogen-bond acceptors (Lipinski definition) is 4. The van der Waals surface area contributed by atoms with Crippen LogP contribution < -0.4 is 0 Å². The number of aliphatic hydroxyl groups is 1. The molecule has 1 heterocycles. The van der Waals surface area contributed by atoms with Crippen molar-refractivity contribution in [3.63, 3.8) is 0 Å². The van der Waals surface area contributed by atoms with E-state index in [0.717, 1.165) is 0 Å². The molecular weight excluding hydrogens is 148 g/mol. The van der Waals surface area contributed by atoms with Gasteiger partial charge in [-0.15, -0.1) is 0 Å². The number of rotatable bonds is 0. The fourth-order valence-corrected chi connectivity index (χ4v) is 0.895. The topological polar surface area (TPSA) is 63.6 Å². The Bertz CT molecular complexity index is 175. The molecule has 4 nitrogen and oxygen atoms in total. The molecule has 0 amide bonds. The summed E-state index contributed by atoms with van der Waals surface area (Å²) in [5.41, 5.74) is -1.92. The van der Waals surface area contributed by atoms with E-state index in [1.807, 2.05) is 0 Å². The number of cyclic esters (lactones) is 1. The van der Waals surface area contributed by atoms with E-state index in [9.17, 15) is 14.7 Å². The van der Waals surface area contributed by atoms with Crippen LogP contribution in [-0.2, 0) is 14.3 Å². The third kappa shape index (κ3) is 1.40. The van der Waals surface area contributed by atoms with E-state index in [-0.39, 0.29) is 13.0 Å². The minimum Gasteiger partial charge on any atom is -0.463 e. The standard InChI is InChI=1S/C7H10O4/c1-7(10)5(8)3-2-4-11-6(7)9/h10H,2-4H2,1H3. The molecule has 0 bridgehead atoms. The molecule has 0 aromatic heterocycles. The van der Waals surface area contributed by atoms with Gasteiger partial charge in [0.05, 0.1) is 6.61 Å². The van der Waals surface area contributed by atoms with Crippen molar-refractivity contribution in [1.82, 2.24) is 0 Å². The van der Waals surface area contributed by atoms with Crippen LogP contribution >= 0.6 is 0 Å². The highest BCUT2D eigenvalue weighted by Crippen LogP contribution is 2.15. The minimum absolute atomic E-state index is 0.207. The molecule has 1 aliphatic rings. The highest BCUT2D eigenvalue weighted by molar-refractivity contribution is 6.06. The van der Waals surface area contributed by atoms with Crippen LogP contribution in [0.5, 0.6) is 0 Å². The monoisotopic (exact) mass is 158 g/mol. The second kappa shape index (κ2) is 2.62. The highest BCUT2D eigenvalue weighted by Gasteiger charge is 2.41. The van der Waals surface area contributed by atoms with Crippen molar-refractivity contribution in [3.8, 4) is 0 Å². The summed E-state index contributed by atoms with van der Waals surface area (Å²) in [5.74, 6) is -1.29. The Morgan fingerprint density at radius 2 is 2.18 bits per heavy atom. The summed E-state index contributed by atoms with van der Waals surface area (Å²) in [7, 11) is 0. The fraction of sp³-hybridized carbons (Fsp3) is 0.714. The number of carbonyl (C=O) groups excluding carboxylic acids is 2. The van der Waals surface area contributed by atoms with Crippen LogP contribution in [0.3, 0.4) is 0 Å². The van der Waals surface area contributed by atoms with Crippen molar-refractivity contribution in [3.05, 3.63) is 0 Å². The van der Waals surface area contributed by atoms with Crippen LogP contribution in [0.15, 0.2) is 0 Å². The van der Waals surface area contributed by atoms with Crippen molar-refractivity contribution in [2.45, 2.75) is 25.4 Å². The van der Waals surface area contributed by atoms with Crippen LogP contribution in [0.2, 0.25) is 0 Å². The minimum atomic E-state index is -1.92. The molecule has 62 valence electrons. The first-order valence-electron chi connectivity index (χ1n) is 3.48. The quantitative estimate of drug-likeness (QED) is 0.386. The summed E-state index contributed by atoms with van der Waals surface area (Å²) < 4.78 is 4.58. The van der Waals surface area contributed by atoms with Gasteiger partial charge < -0.3 is 9.84 Å². The molecule has 0 aliphatic carbocycles. The summed E-state index contributed by atoms with van der Waals surface area (Å²) in [5, 5.41) is 9.27. The molecule has 0 aromatic rings. The zero-order valence-electron chi connectivity index (χ0n) is 6.29. The first kappa shape index (κ1) is 8.20. The maximum absolute atomic E-state index is 11.0. The number of esters is 1. The Hall–Kier alpha value is -0.900. The van der Waals surface area contributed by atoms with Gasteiger partial charge in [-0.05, 0) is 13.3 Å². The second-order valence-electron chi connectivity index (χ2n) is 2.73. The average molecular weight is 158 g/mol. The maximum Gasteiger partial charge on any atom is 0.345 e. The van der Waals surface area contributed by atoms with Crippen molar-refractivity contribution in [2.24, 2.45) is 0 Å². The molecule has 0 saturated carbocycles. The molecule has 0 radical (unpaired) electrons. The van der Waals surface area contributed by atoms with Crippen molar-refractivity contribution in [1.29, 1.82) is 0 Å². The van der Waals surface area contributed by atoms with Crippen LogP contribution in [-0.4, -0.2) is 29.1 Å². The summed E-state index contributed by atoms with van der Waals surface area (Å²) in [6, 6.07) is 0. The highest BCUT2D eigenvalue weighted by atomic mass is 16.6. The molecule has 1 atom stereocenters. The third-order valence-corrected chi connectivity index (χ3v) is 1.72. The van der Waals surface area contributed by atoms with E-state index in [1.54, 1.807) is 0 Å². The van der Waals surface area contributed by atoms with Gasteiger partial charge in [-0.25, -0.2) is 4.79 Å². The molecule has 11 heavy (non-hydrogen) atoms. The van der Waals surface area contributed by atoms with Crippen molar-refractivity contribution in [2.75, 3.05) is 6.61 Å². The predicted molar refractivity (Wildman–Crippen MR) is 35.8 cm³/mol. The van der Waals surface area contributed by atoms with E-state index in [1.165, 1.54) is 6.92 Å². The number of ether oxygens (including phenoxy) is 1. The Balaban J connectivity index is 2.84. The van der Waals surface area contributed by atoms with Gasteiger partial charge >= 0.3 is 5.97 Å². The summed E-state index contributed by atoms with van der Waals surface area (Å²) in [4.78, 5) is 21.8. The lowest BCUT2D eigenvalue weighted by molar-refractivity contribution is -0.165. The van der Waals surface area contributed by atoms with Crippen molar-refractivity contribution >= 4 is 11.8 Å². The Kier molecular flexibility index (Phi) is 1.95. The second-order valence-corrected chi connectivity index (χ2v) is 2.73. The lowest BCUT2D eigenvalue weighted by Gasteiger charge is -2.15. The van der Waals surface area contributed by atoms with E-state index < -0.39 is 17.4 Å². The largest absolute Gasteiger partial charge is 0.463 e. The van der Waals surface area contributed by atoms with Gasteiger partial charge in [0, 0.05) is 6.42 Å². The smallest absolute Gasteiger partial charge is 0.345 e. The predicted octanol–water partition coefficient (Wildman–Crippen LogP) is -0.357. The summed E-state index contributed by atoms with van der Waals surface area (Å²) >= 11 is 0. The Morgan fingerprint density at radius 3 is 2.82 bits per heavy atom. The molecule has 1 saturated heterocycles. The van der Waals surface area contributed by atoms with Gasteiger partial charge in [-0.1, -0.05) is 0 Å². The van der Waals surface area contributed by atoms with Crippen LogP contribution in [0.1, 0.15) is 19.8 Å². The van der Waals surface area contributed by atoms with Crippen LogP contribution in [0.4, 0.5) is 0 Å². The Labute approximate surface area is 64.2 Å². The summed E-state index contributed by atoms with van der Waals surface area (Å²) in [6.45, 7) is 1.39. The van der Waals surface area contributed by atoms with E-state index in [0.29, 0.717) is 6.42 Å². The van der Waals surface area contributed by atoms with Crippen molar-refractivity contribution < 1.29 is 19.4 Å². The normalized spacial score (nSPS) is 32.9. The Morgan fingerprint density at radius 1 is 1.55 bits per heavy atom. The summed E-state index contributed by atoms with van der Waals surface area (Å²) in [6.07, 6.45) is 0.708. The molecular formula is C7H10O4. The molecule has 0 spiro atoms. The lowest BCUT2D eigenvalue weighted by Crippen LogP contribution is -2.43. The molecule has 1 fully saturated rings. The van der Waals surface area contributed by atoms with Gasteiger partial charge in [0.25, 0.3) is 0 Å². The first-order chi connectivity index (χ1) is 5.05. The van der Waals surface area contributed by atoms with E-state index >= 15 is 0 Å². The average Bonchev–Trinajstić information content (AvgIpc) is 2.03. The number of ketones is 1. The number of carbonyl (C=O) groups is 2. The van der Waals surface area contributed by atoms with E-state index in [2.05, 4.69) is 4.74 Å². The van der Waals surface area contributed by atoms with Gasteiger partial charge in [0.15, 0.2) is 5.78 Å². The third-order valence-electron chi connectivity index (χ3n) is 1.72. The van der Waals surface area contributed by atoms with Gasteiger partial charge in [-0.2, -0.15) is 0 Å². The fourth-order valence-electron chi connectivity index (χ4n) is 0.895. The number of Topliss-reactive ketones (excluding diaryl/α,β-unsaturated/α-hetero) is 1. The lowest BCUT2D eigenvalue weighted by atomic mass is 9.99. The number of hydrogen-bond donors (Lipinski definition) is 1. The van der Waals surface area contributed by atoms with E-state index in [4.69, 9.17) is 0 Å². The molecule has 1 rings (SSSR count). The first-order valence-corrected chi connectivity index (χ1v) is 3.48. The molecule has 1 N–H and O–H groups in total. The van der Waals surface area contributed by atoms with Gasteiger partial charge in [-0.3, -0.25) is 4.79 Å². The zero-order valence-corrected chi connectivity index (χ0v) is 6.29. The molecule has 1 aliphatic heterocycles. The molecule has 1 unspecified atom stereocenters. The maximum atomic E-state index is 11.0. The molecule has 4 heteroatoms.